The average Bonchev–Trinajstić information content (AvgIpc) is 3.26. The molecule has 1 aliphatic rings. The molecule has 3 N–H and O–H groups in total. The molecule has 0 bridgehead atoms. The van der Waals surface area contributed by atoms with Gasteiger partial charge in [0.1, 0.15) is 9.77 Å². The molecule has 1 atom stereocenters. The van der Waals surface area contributed by atoms with Gasteiger partial charge in [-0.25, -0.2) is 13.2 Å². The lowest BCUT2D eigenvalue weighted by atomic mass is 9.83. The van der Waals surface area contributed by atoms with Gasteiger partial charge in [0, 0.05) is 17.3 Å². The predicted molar refractivity (Wildman–Crippen MR) is 138 cm³/mol. The number of sulfone groups is 1. The van der Waals surface area contributed by atoms with Crippen molar-refractivity contribution in [3.05, 3.63) is 39.8 Å². The van der Waals surface area contributed by atoms with Gasteiger partial charge in [0.15, 0.2) is 15.6 Å². The van der Waals surface area contributed by atoms with Crippen molar-refractivity contribution < 1.29 is 27.5 Å². The molecule has 0 radical (unpaired) electrons. The number of aromatic nitrogens is 1. The highest BCUT2D eigenvalue weighted by molar-refractivity contribution is 7.92. The molecule has 2 heterocycles. The molecule has 1 aliphatic carbocycles. The van der Waals surface area contributed by atoms with Crippen LogP contribution in [0.4, 0.5) is 5.69 Å². The first-order valence-corrected chi connectivity index (χ1v) is 14.4. The molecule has 9 nitrogen and oxygen atoms in total. The number of ether oxygens (including phenoxy) is 1. The van der Waals surface area contributed by atoms with Crippen LogP contribution in [0.1, 0.15) is 78.1 Å². The summed E-state index contributed by atoms with van der Waals surface area (Å²) in [6.07, 6.45) is 7.14. The Bertz CT molecular complexity index is 1200. The minimum Gasteiger partial charge on any atom is -0.465 e. The number of nitrogen functional groups attached to an aromatic ring is 1. The number of thiophene rings is 1. The second-order valence-electron chi connectivity index (χ2n) is 9.38. The molecule has 1 amide bonds. The highest BCUT2D eigenvalue weighted by Gasteiger charge is 2.30. The van der Waals surface area contributed by atoms with E-state index in [2.05, 4.69) is 15.0 Å². The predicted octanol–water partition coefficient (Wildman–Crippen LogP) is 3.57. The summed E-state index contributed by atoms with van der Waals surface area (Å²) in [6.45, 7) is 3.10. The number of carbonyl (C=O) groups excluding carboxylic acids is 3. The van der Waals surface area contributed by atoms with Gasteiger partial charge < -0.3 is 15.8 Å². The maximum atomic E-state index is 13.3. The first kappa shape index (κ1) is 27.8. The van der Waals surface area contributed by atoms with E-state index in [-0.39, 0.29) is 33.2 Å². The number of ketones is 1. The minimum absolute atomic E-state index is 0.0218. The topological polar surface area (TPSA) is 146 Å². The Morgan fingerprint density at radius 2 is 1.89 bits per heavy atom. The molecular weight excluding hydrogens is 502 g/mol. The van der Waals surface area contributed by atoms with Crippen LogP contribution in [0.15, 0.2) is 28.6 Å². The van der Waals surface area contributed by atoms with Gasteiger partial charge in [0.05, 0.1) is 36.1 Å². The summed E-state index contributed by atoms with van der Waals surface area (Å²) in [6, 6.07) is 2.36. The molecule has 11 heteroatoms. The zero-order valence-electron chi connectivity index (χ0n) is 20.8. The van der Waals surface area contributed by atoms with Gasteiger partial charge in [-0.2, -0.15) is 0 Å². The summed E-state index contributed by atoms with van der Waals surface area (Å²) in [5.74, 6) is -0.987. The van der Waals surface area contributed by atoms with Crippen LogP contribution in [0.3, 0.4) is 0 Å². The van der Waals surface area contributed by atoms with E-state index in [1.807, 2.05) is 0 Å². The average molecular weight is 536 g/mol. The van der Waals surface area contributed by atoms with E-state index in [1.165, 1.54) is 18.7 Å². The van der Waals surface area contributed by atoms with Gasteiger partial charge in [-0.05, 0) is 38.3 Å². The highest BCUT2D eigenvalue weighted by atomic mass is 32.2. The summed E-state index contributed by atoms with van der Waals surface area (Å²) < 4.78 is 29.8. The summed E-state index contributed by atoms with van der Waals surface area (Å²) >= 11 is 0.955. The molecule has 0 aromatic carbocycles. The third kappa shape index (κ3) is 6.50. The Balaban J connectivity index is 1.79. The smallest absolute Gasteiger partial charge is 0.339 e. The molecule has 1 saturated carbocycles. The lowest BCUT2D eigenvalue weighted by Gasteiger charge is -2.26. The maximum Gasteiger partial charge on any atom is 0.339 e. The number of carbonyl (C=O) groups is 3. The van der Waals surface area contributed by atoms with Crippen molar-refractivity contribution >= 4 is 44.5 Å². The number of nitrogens with one attached hydrogen (secondary N) is 1. The highest BCUT2D eigenvalue weighted by Crippen LogP contribution is 2.32. The molecule has 36 heavy (non-hydrogen) atoms. The molecule has 0 spiro atoms. The van der Waals surface area contributed by atoms with Crippen molar-refractivity contribution in [2.45, 2.75) is 75.0 Å². The lowest BCUT2D eigenvalue weighted by molar-refractivity contribution is -0.120. The van der Waals surface area contributed by atoms with E-state index in [1.54, 1.807) is 26.0 Å². The van der Waals surface area contributed by atoms with E-state index in [9.17, 15) is 22.8 Å². The van der Waals surface area contributed by atoms with Crippen LogP contribution in [-0.2, 0) is 25.8 Å². The standard InChI is InChI=1S/C25H33N3O6S2/c1-15(2)36(32,33)21-14-35-23(22(21)26)24(30)28-19(11-16-7-5-4-6-8-16)20(29)12-18-10-9-17(13-27-18)25(31)34-3/h9-10,13-16,19H,4-8,11-12,26H2,1-3H3,(H,28,30). The lowest BCUT2D eigenvalue weighted by Crippen LogP contribution is -2.43. The number of pyridine rings is 1. The summed E-state index contributed by atoms with van der Waals surface area (Å²) in [4.78, 5) is 42.3. The van der Waals surface area contributed by atoms with Crippen molar-refractivity contribution in [3.63, 3.8) is 0 Å². The molecule has 2 aromatic rings. The van der Waals surface area contributed by atoms with Crippen LogP contribution >= 0.6 is 11.3 Å². The second-order valence-corrected chi connectivity index (χ2v) is 12.7. The summed E-state index contributed by atoms with van der Waals surface area (Å²) in [5.41, 5.74) is 6.74. The van der Waals surface area contributed by atoms with E-state index in [4.69, 9.17) is 5.73 Å². The number of methoxy groups -OCH3 is 1. The fourth-order valence-electron chi connectivity index (χ4n) is 4.32. The van der Waals surface area contributed by atoms with E-state index >= 15 is 0 Å². The Kier molecular flexibility index (Phi) is 9.24. The minimum atomic E-state index is -3.64. The van der Waals surface area contributed by atoms with Crippen LogP contribution < -0.4 is 11.1 Å². The van der Waals surface area contributed by atoms with Crippen molar-refractivity contribution in [1.29, 1.82) is 0 Å². The van der Waals surface area contributed by atoms with Crippen LogP contribution in [0.5, 0.6) is 0 Å². The number of anilines is 1. The van der Waals surface area contributed by atoms with Crippen molar-refractivity contribution in [3.8, 4) is 0 Å². The van der Waals surface area contributed by atoms with Gasteiger partial charge in [-0.1, -0.05) is 32.1 Å². The van der Waals surface area contributed by atoms with E-state index in [0.717, 1.165) is 43.4 Å². The van der Waals surface area contributed by atoms with E-state index < -0.39 is 33.0 Å². The van der Waals surface area contributed by atoms with Gasteiger partial charge in [-0.3, -0.25) is 14.6 Å². The zero-order valence-corrected chi connectivity index (χ0v) is 22.4. The summed E-state index contributed by atoms with van der Waals surface area (Å²) in [7, 11) is -2.37. The number of esters is 1. The van der Waals surface area contributed by atoms with Gasteiger partial charge in [0.2, 0.25) is 0 Å². The maximum absolute atomic E-state index is 13.3. The Hall–Kier alpha value is -2.79. The number of rotatable bonds is 10. The fraction of sp³-hybridized carbons (Fsp3) is 0.520. The third-order valence-electron chi connectivity index (χ3n) is 6.52. The number of amides is 1. The molecule has 0 saturated heterocycles. The number of hydrogen-bond acceptors (Lipinski definition) is 9. The molecular formula is C25H33N3O6S2. The number of hydrogen-bond donors (Lipinski definition) is 2. The van der Waals surface area contributed by atoms with Gasteiger partial charge in [-0.15, -0.1) is 11.3 Å². The van der Waals surface area contributed by atoms with Crippen LogP contribution in [0, 0.1) is 5.92 Å². The van der Waals surface area contributed by atoms with Crippen LogP contribution in [0.2, 0.25) is 0 Å². The molecule has 0 aliphatic heterocycles. The van der Waals surface area contributed by atoms with Crippen molar-refractivity contribution in [2.75, 3.05) is 12.8 Å². The molecule has 1 fully saturated rings. The number of Topliss-reactive ketones (excluding diaryl/α,β-unsaturated/α-hetero) is 1. The van der Waals surface area contributed by atoms with Crippen LogP contribution in [-0.4, -0.2) is 49.5 Å². The van der Waals surface area contributed by atoms with Gasteiger partial charge in [0.25, 0.3) is 5.91 Å². The second kappa shape index (κ2) is 12.0. The Morgan fingerprint density at radius 1 is 1.19 bits per heavy atom. The molecule has 3 rings (SSSR count). The largest absolute Gasteiger partial charge is 0.465 e. The third-order valence-corrected chi connectivity index (χ3v) is 9.85. The first-order valence-electron chi connectivity index (χ1n) is 12.0. The molecule has 1 unspecified atom stereocenters. The van der Waals surface area contributed by atoms with Crippen molar-refractivity contribution in [2.24, 2.45) is 5.92 Å². The first-order chi connectivity index (χ1) is 17.0. The normalized spacial score (nSPS) is 15.4. The quantitative estimate of drug-likeness (QED) is 0.439. The van der Waals surface area contributed by atoms with Crippen molar-refractivity contribution in [1.82, 2.24) is 10.3 Å². The SMILES string of the molecule is COC(=O)c1ccc(CC(=O)C(CC2CCCCC2)NC(=O)c2scc(S(=O)(=O)C(C)C)c2N)nc1. The summed E-state index contributed by atoms with van der Waals surface area (Å²) in [5, 5.41) is 3.52. The zero-order chi connectivity index (χ0) is 26.5. The monoisotopic (exact) mass is 535 g/mol. The fourth-order valence-corrected chi connectivity index (χ4v) is 6.74. The van der Waals surface area contributed by atoms with E-state index in [0.29, 0.717) is 18.0 Å². The molecule has 196 valence electrons. The number of nitrogens with zero attached hydrogens (tertiary/aromatic N) is 1. The van der Waals surface area contributed by atoms with Gasteiger partial charge >= 0.3 is 5.97 Å². The Labute approximate surface area is 215 Å². The Morgan fingerprint density at radius 3 is 2.47 bits per heavy atom. The number of nitrogens with two attached hydrogens (primary N) is 1. The molecule has 2 aromatic heterocycles. The van der Waals surface area contributed by atoms with Crippen LogP contribution in [0.25, 0.3) is 0 Å².